The maximum atomic E-state index is 11.8. The molecule has 0 aliphatic carbocycles. The van der Waals surface area contributed by atoms with Crippen LogP contribution < -0.4 is 11.1 Å². The molecule has 1 amide bonds. The van der Waals surface area contributed by atoms with Crippen LogP contribution in [0.5, 0.6) is 0 Å². The Morgan fingerprint density at radius 3 is 2.69 bits per heavy atom. The van der Waals surface area contributed by atoms with Crippen LogP contribution in [0.15, 0.2) is 12.1 Å². The summed E-state index contributed by atoms with van der Waals surface area (Å²) in [5, 5.41) is 2.86. The van der Waals surface area contributed by atoms with Crippen molar-refractivity contribution in [3.63, 3.8) is 0 Å². The van der Waals surface area contributed by atoms with E-state index in [9.17, 15) is 4.79 Å². The van der Waals surface area contributed by atoms with Crippen molar-refractivity contribution in [3.8, 4) is 0 Å². The Morgan fingerprint density at radius 1 is 1.50 bits per heavy atom. The molecule has 0 aliphatic heterocycles. The molecule has 1 aromatic rings. The highest BCUT2D eigenvalue weighted by atomic mass is 16.1. The highest BCUT2D eigenvalue weighted by Crippen LogP contribution is 2.14. The molecule has 1 heterocycles. The van der Waals surface area contributed by atoms with Gasteiger partial charge in [0.1, 0.15) is 0 Å². The molecule has 1 rings (SSSR count). The van der Waals surface area contributed by atoms with Gasteiger partial charge in [0.2, 0.25) is 5.91 Å². The molecule has 0 bridgehead atoms. The number of amides is 1. The standard InChI is InChI=1S/C12H19N3O/c1-4-10(7-13)12(16)15-11-6-5-8(2)14-9(11)3/h5-6,10H,4,7,13H2,1-3H3,(H,15,16). The summed E-state index contributed by atoms with van der Waals surface area (Å²) in [5.74, 6) is -0.153. The largest absolute Gasteiger partial charge is 0.330 e. The molecule has 0 saturated carbocycles. The van der Waals surface area contributed by atoms with Gasteiger partial charge >= 0.3 is 0 Å². The van der Waals surface area contributed by atoms with E-state index in [-0.39, 0.29) is 11.8 Å². The topological polar surface area (TPSA) is 68.0 Å². The van der Waals surface area contributed by atoms with Crippen LogP contribution in [0.2, 0.25) is 0 Å². The third-order valence-corrected chi connectivity index (χ3v) is 2.63. The minimum Gasteiger partial charge on any atom is -0.330 e. The average molecular weight is 221 g/mol. The van der Waals surface area contributed by atoms with Crippen LogP contribution in [0.3, 0.4) is 0 Å². The third kappa shape index (κ3) is 3.03. The van der Waals surface area contributed by atoms with Gasteiger partial charge in [-0.2, -0.15) is 0 Å². The molecule has 4 heteroatoms. The second-order valence-corrected chi connectivity index (χ2v) is 3.92. The normalized spacial score (nSPS) is 12.2. The van der Waals surface area contributed by atoms with Crippen LogP contribution in [-0.2, 0) is 4.79 Å². The predicted octanol–water partition coefficient (Wildman–Crippen LogP) is 1.62. The van der Waals surface area contributed by atoms with E-state index in [2.05, 4.69) is 10.3 Å². The van der Waals surface area contributed by atoms with Crippen molar-refractivity contribution >= 4 is 11.6 Å². The molecular weight excluding hydrogens is 202 g/mol. The second-order valence-electron chi connectivity index (χ2n) is 3.92. The smallest absolute Gasteiger partial charge is 0.228 e. The molecule has 0 spiro atoms. The minimum atomic E-state index is -0.124. The Balaban J connectivity index is 2.76. The Kier molecular flexibility index (Phi) is 4.43. The summed E-state index contributed by atoms with van der Waals surface area (Å²) in [6.45, 7) is 6.14. The molecule has 16 heavy (non-hydrogen) atoms. The van der Waals surface area contributed by atoms with E-state index >= 15 is 0 Å². The van der Waals surface area contributed by atoms with Crippen LogP contribution in [0.25, 0.3) is 0 Å². The molecule has 0 radical (unpaired) electrons. The highest BCUT2D eigenvalue weighted by Gasteiger charge is 2.15. The van der Waals surface area contributed by atoms with Gasteiger partial charge in [0.05, 0.1) is 17.3 Å². The van der Waals surface area contributed by atoms with E-state index in [1.165, 1.54) is 0 Å². The molecule has 4 nitrogen and oxygen atoms in total. The quantitative estimate of drug-likeness (QED) is 0.811. The van der Waals surface area contributed by atoms with Gasteiger partial charge in [-0.25, -0.2) is 0 Å². The highest BCUT2D eigenvalue weighted by molar-refractivity contribution is 5.93. The van der Waals surface area contributed by atoms with E-state index in [1.54, 1.807) is 0 Å². The average Bonchev–Trinajstić information content (AvgIpc) is 2.24. The lowest BCUT2D eigenvalue weighted by molar-refractivity contribution is -0.119. The van der Waals surface area contributed by atoms with Crippen molar-refractivity contribution in [2.75, 3.05) is 11.9 Å². The van der Waals surface area contributed by atoms with E-state index in [0.717, 1.165) is 23.5 Å². The number of carbonyl (C=O) groups is 1. The zero-order chi connectivity index (χ0) is 12.1. The zero-order valence-corrected chi connectivity index (χ0v) is 10.1. The number of aryl methyl sites for hydroxylation is 2. The second kappa shape index (κ2) is 5.61. The van der Waals surface area contributed by atoms with Crippen molar-refractivity contribution in [1.82, 2.24) is 4.98 Å². The molecule has 0 fully saturated rings. The Bertz CT molecular complexity index is 373. The lowest BCUT2D eigenvalue weighted by atomic mass is 10.1. The van der Waals surface area contributed by atoms with Crippen LogP contribution in [0.1, 0.15) is 24.7 Å². The van der Waals surface area contributed by atoms with Gasteiger partial charge in [-0.1, -0.05) is 6.92 Å². The van der Waals surface area contributed by atoms with Crippen LogP contribution in [0, 0.1) is 19.8 Å². The maximum absolute atomic E-state index is 11.8. The van der Waals surface area contributed by atoms with E-state index in [1.807, 2.05) is 32.9 Å². The first-order valence-electron chi connectivity index (χ1n) is 5.53. The summed E-state index contributed by atoms with van der Waals surface area (Å²) >= 11 is 0. The molecule has 0 aromatic carbocycles. The minimum absolute atomic E-state index is 0.0289. The van der Waals surface area contributed by atoms with Gasteiger partial charge in [0.25, 0.3) is 0 Å². The Morgan fingerprint density at radius 2 is 2.19 bits per heavy atom. The molecular formula is C12H19N3O. The summed E-state index contributed by atoms with van der Waals surface area (Å²) in [7, 11) is 0. The van der Waals surface area contributed by atoms with Crippen molar-refractivity contribution in [2.45, 2.75) is 27.2 Å². The van der Waals surface area contributed by atoms with E-state index < -0.39 is 0 Å². The summed E-state index contributed by atoms with van der Waals surface area (Å²) < 4.78 is 0. The molecule has 1 unspecified atom stereocenters. The fraction of sp³-hybridized carbons (Fsp3) is 0.500. The molecule has 1 atom stereocenters. The monoisotopic (exact) mass is 221 g/mol. The van der Waals surface area contributed by atoms with Gasteiger partial charge in [-0.3, -0.25) is 9.78 Å². The van der Waals surface area contributed by atoms with Crippen LogP contribution >= 0.6 is 0 Å². The number of aromatic nitrogens is 1. The first kappa shape index (κ1) is 12.6. The van der Waals surface area contributed by atoms with E-state index in [0.29, 0.717) is 6.54 Å². The molecule has 0 aliphatic rings. The summed E-state index contributed by atoms with van der Waals surface area (Å²) in [4.78, 5) is 16.1. The fourth-order valence-corrected chi connectivity index (χ4v) is 1.51. The van der Waals surface area contributed by atoms with Crippen molar-refractivity contribution in [1.29, 1.82) is 0 Å². The molecule has 3 N–H and O–H groups in total. The molecule has 1 aromatic heterocycles. The van der Waals surface area contributed by atoms with Crippen LogP contribution in [0.4, 0.5) is 5.69 Å². The van der Waals surface area contributed by atoms with Gasteiger partial charge in [-0.05, 0) is 32.4 Å². The van der Waals surface area contributed by atoms with Gasteiger partial charge in [-0.15, -0.1) is 0 Å². The van der Waals surface area contributed by atoms with Gasteiger partial charge in [0.15, 0.2) is 0 Å². The first-order valence-corrected chi connectivity index (χ1v) is 5.53. The summed E-state index contributed by atoms with van der Waals surface area (Å²) in [5.41, 5.74) is 8.07. The third-order valence-electron chi connectivity index (χ3n) is 2.63. The predicted molar refractivity (Wildman–Crippen MR) is 65.2 cm³/mol. The van der Waals surface area contributed by atoms with E-state index in [4.69, 9.17) is 5.73 Å². The number of hydrogen-bond donors (Lipinski definition) is 2. The first-order chi connectivity index (χ1) is 7.58. The van der Waals surface area contributed by atoms with Crippen molar-refractivity contribution in [2.24, 2.45) is 11.7 Å². The Hall–Kier alpha value is -1.42. The zero-order valence-electron chi connectivity index (χ0n) is 10.1. The van der Waals surface area contributed by atoms with Gasteiger partial charge in [0, 0.05) is 12.2 Å². The van der Waals surface area contributed by atoms with Gasteiger partial charge < -0.3 is 11.1 Å². The number of nitrogens with two attached hydrogens (primary N) is 1. The molecule has 0 saturated heterocycles. The molecule has 88 valence electrons. The number of carbonyl (C=O) groups excluding carboxylic acids is 1. The van der Waals surface area contributed by atoms with Crippen molar-refractivity contribution in [3.05, 3.63) is 23.5 Å². The number of pyridine rings is 1. The van der Waals surface area contributed by atoms with Crippen LogP contribution in [-0.4, -0.2) is 17.4 Å². The fourth-order valence-electron chi connectivity index (χ4n) is 1.51. The number of rotatable bonds is 4. The lowest BCUT2D eigenvalue weighted by Gasteiger charge is -2.13. The number of hydrogen-bond acceptors (Lipinski definition) is 3. The summed E-state index contributed by atoms with van der Waals surface area (Å²) in [6, 6.07) is 3.75. The number of nitrogens with one attached hydrogen (secondary N) is 1. The number of anilines is 1. The number of nitrogens with zero attached hydrogens (tertiary/aromatic N) is 1. The SMILES string of the molecule is CCC(CN)C(=O)Nc1ccc(C)nc1C. The maximum Gasteiger partial charge on any atom is 0.228 e. The van der Waals surface area contributed by atoms with Crippen molar-refractivity contribution < 1.29 is 4.79 Å². The lowest BCUT2D eigenvalue weighted by Crippen LogP contribution is -2.29. The summed E-state index contributed by atoms with van der Waals surface area (Å²) in [6.07, 6.45) is 0.751. The Labute approximate surface area is 96.3 Å².